The summed E-state index contributed by atoms with van der Waals surface area (Å²) in [4.78, 5) is 0. The summed E-state index contributed by atoms with van der Waals surface area (Å²) < 4.78 is 11.1. The van der Waals surface area contributed by atoms with Gasteiger partial charge < -0.3 is 14.6 Å². The Kier molecular flexibility index (Phi) is 5.40. The minimum atomic E-state index is -0.717. The van der Waals surface area contributed by atoms with Crippen molar-refractivity contribution in [3.8, 4) is 17.6 Å². The van der Waals surface area contributed by atoms with Gasteiger partial charge in [-0.25, -0.2) is 0 Å². The highest BCUT2D eigenvalue weighted by Gasteiger charge is 2.11. The molecule has 22 heavy (non-hydrogen) atoms. The van der Waals surface area contributed by atoms with Crippen LogP contribution in [-0.2, 0) is 0 Å². The van der Waals surface area contributed by atoms with Crippen LogP contribution < -0.4 is 9.47 Å². The van der Waals surface area contributed by atoms with E-state index >= 15 is 0 Å². The number of hydrogen-bond acceptors (Lipinski definition) is 4. The molecule has 2 rings (SSSR count). The zero-order valence-electron chi connectivity index (χ0n) is 12.7. The number of rotatable bonds is 6. The van der Waals surface area contributed by atoms with Crippen LogP contribution in [0.5, 0.6) is 11.5 Å². The minimum absolute atomic E-state index is 0.120. The van der Waals surface area contributed by atoms with Crippen LogP contribution in [0.4, 0.5) is 0 Å². The highest BCUT2D eigenvalue weighted by Crippen LogP contribution is 2.29. The van der Waals surface area contributed by atoms with Crippen molar-refractivity contribution >= 4 is 0 Å². The topological polar surface area (TPSA) is 62.5 Å². The maximum atomic E-state index is 10.2. The van der Waals surface area contributed by atoms with Gasteiger partial charge in [0.05, 0.1) is 18.2 Å². The van der Waals surface area contributed by atoms with Crippen molar-refractivity contribution in [2.45, 2.75) is 20.0 Å². The van der Waals surface area contributed by atoms with Crippen LogP contribution >= 0.6 is 0 Å². The predicted molar refractivity (Wildman–Crippen MR) is 84.0 cm³/mol. The Morgan fingerprint density at radius 2 is 1.82 bits per heavy atom. The number of hydrogen-bond donors (Lipinski definition) is 1. The van der Waals surface area contributed by atoms with E-state index in [1.165, 1.54) is 0 Å². The van der Waals surface area contributed by atoms with Crippen molar-refractivity contribution in [3.63, 3.8) is 0 Å². The van der Waals surface area contributed by atoms with Crippen LogP contribution in [0.1, 0.15) is 29.7 Å². The molecule has 1 atom stereocenters. The number of aliphatic hydroxyl groups excluding tert-OH is 1. The summed E-state index contributed by atoms with van der Waals surface area (Å²) in [5, 5.41) is 19.1. The van der Waals surface area contributed by atoms with E-state index in [1.807, 2.05) is 38.1 Å². The molecular weight excluding hydrogens is 278 g/mol. The van der Waals surface area contributed by atoms with E-state index in [-0.39, 0.29) is 6.61 Å². The van der Waals surface area contributed by atoms with Crippen molar-refractivity contribution < 1.29 is 14.6 Å². The Bertz CT molecular complexity index is 659. The Hall–Kier alpha value is -2.51. The number of nitriles is 1. The molecule has 114 valence electrons. The van der Waals surface area contributed by atoms with Crippen molar-refractivity contribution in [3.05, 3.63) is 59.2 Å². The van der Waals surface area contributed by atoms with E-state index in [4.69, 9.17) is 14.7 Å². The highest BCUT2D eigenvalue weighted by atomic mass is 16.5. The first-order valence-electron chi connectivity index (χ1n) is 7.18. The van der Waals surface area contributed by atoms with Crippen LogP contribution in [-0.4, -0.2) is 18.3 Å². The van der Waals surface area contributed by atoms with Gasteiger partial charge in [-0.2, -0.15) is 5.26 Å². The molecule has 0 saturated heterocycles. The summed E-state index contributed by atoms with van der Waals surface area (Å²) in [6.45, 7) is 4.46. The monoisotopic (exact) mass is 297 g/mol. The molecule has 0 aliphatic rings. The number of benzene rings is 2. The van der Waals surface area contributed by atoms with Crippen molar-refractivity contribution in [1.29, 1.82) is 5.26 Å². The van der Waals surface area contributed by atoms with Gasteiger partial charge in [0.25, 0.3) is 0 Å². The van der Waals surface area contributed by atoms with Crippen molar-refractivity contribution in [2.24, 2.45) is 0 Å². The molecular formula is C18H19NO3. The third kappa shape index (κ3) is 4.00. The van der Waals surface area contributed by atoms with Gasteiger partial charge in [0.2, 0.25) is 0 Å². The molecule has 0 fully saturated rings. The molecule has 0 heterocycles. The smallest absolute Gasteiger partial charge is 0.162 e. The average molecular weight is 297 g/mol. The molecule has 2 aromatic carbocycles. The molecule has 1 unspecified atom stereocenters. The van der Waals surface area contributed by atoms with Crippen molar-refractivity contribution in [2.75, 3.05) is 13.2 Å². The number of aliphatic hydroxyl groups is 1. The van der Waals surface area contributed by atoms with Gasteiger partial charge in [0.1, 0.15) is 12.7 Å². The maximum absolute atomic E-state index is 10.2. The van der Waals surface area contributed by atoms with Crippen LogP contribution in [0.3, 0.4) is 0 Å². The summed E-state index contributed by atoms with van der Waals surface area (Å²) in [6.07, 6.45) is -0.717. The van der Waals surface area contributed by atoms with E-state index in [1.54, 1.807) is 18.2 Å². The van der Waals surface area contributed by atoms with Gasteiger partial charge in [0.15, 0.2) is 11.5 Å². The second-order valence-corrected chi connectivity index (χ2v) is 4.94. The lowest BCUT2D eigenvalue weighted by atomic mass is 10.1. The van der Waals surface area contributed by atoms with Crippen LogP contribution in [0.2, 0.25) is 0 Å². The second kappa shape index (κ2) is 7.48. The first-order valence-corrected chi connectivity index (χ1v) is 7.18. The lowest BCUT2D eigenvalue weighted by Gasteiger charge is -2.15. The van der Waals surface area contributed by atoms with E-state index in [0.717, 1.165) is 11.1 Å². The molecule has 1 N–H and O–H groups in total. The molecule has 0 aliphatic heterocycles. The molecule has 4 heteroatoms. The van der Waals surface area contributed by atoms with E-state index in [0.29, 0.717) is 23.7 Å². The molecule has 0 radical (unpaired) electrons. The van der Waals surface area contributed by atoms with E-state index < -0.39 is 6.10 Å². The Balaban J connectivity index is 2.07. The zero-order valence-corrected chi connectivity index (χ0v) is 12.7. The van der Waals surface area contributed by atoms with Gasteiger partial charge in [-0.05, 0) is 31.5 Å². The van der Waals surface area contributed by atoms with Gasteiger partial charge in [0, 0.05) is 6.07 Å². The summed E-state index contributed by atoms with van der Waals surface area (Å²) in [6, 6.07) is 14.7. The SMILES string of the molecule is CCOc1cc(C#N)ccc1OCC(O)c1ccc(C)cc1. The lowest BCUT2D eigenvalue weighted by Crippen LogP contribution is -2.10. The molecule has 0 spiro atoms. The molecule has 0 aliphatic carbocycles. The predicted octanol–water partition coefficient (Wildman–Crippen LogP) is 3.38. The molecule has 4 nitrogen and oxygen atoms in total. The molecule has 0 saturated carbocycles. The first-order chi connectivity index (χ1) is 10.6. The third-order valence-corrected chi connectivity index (χ3v) is 3.23. The Morgan fingerprint density at radius 1 is 1.09 bits per heavy atom. The summed E-state index contributed by atoms with van der Waals surface area (Å²) in [5.41, 5.74) is 2.45. The molecule has 0 amide bonds. The van der Waals surface area contributed by atoms with Crippen LogP contribution in [0, 0.1) is 18.3 Å². The number of aryl methyl sites for hydroxylation is 1. The standard InChI is InChI=1S/C18H19NO3/c1-3-21-18-10-14(11-19)6-9-17(18)22-12-16(20)15-7-4-13(2)5-8-15/h4-10,16,20H,3,12H2,1-2H3. The number of nitrogens with zero attached hydrogens (tertiary/aromatic N) is 1. The van der Waals surface area contributed by atoms with Gasteiger partial charge in [-0.15, -0.1) is 0 Å². The fraction of sp³-hybridized carbons (Fsp3) is 0.278. The van der Waals surface area contributed by atoms with E-state index in [9.17, 15) is 5.11 Å². The Labute approximate surface area is 130 Å². The summed E-state index contributed by atoms with van der Waals surface area (Å²) >= 11 is 0. The van der Waals surface area contributed by atoms with Crippen LogP contribution in [0.15, 0.2) is 42.5 Å². The van der Waals surface area contributed by atoms with Gasteiger partial charge in [-0.1, -0.05) is 29.8 Å². The van der Waals surface area contributed by atoms with Gasteiger partial charge >= 0.3 is 0 Å². The average Bonchev–Trinajstić information content (AvgIpc) is 2.54. The zero-order chi connectivity index (χ0) is 15.9. The molecule has 2 aromatic rings. The minimum Gasteiger partial charge on any atom is -0.490 e. The van der Waals surface area contributed by atoms with Crippen molar-refractivity contribution in [1.82, 2.24) is 0 Å². The fourth-order valence-corrected chi connectivity index (χ4v) is 2.02. The number of ether oxygens (including phenoxy) is 2. The normalized spacial score (nSPS) is 11.5. The summed E-state index contributed by atoms with van der Waals surface area (Å²) in [7, 11) is 0. The van der Waals surface area contributed by atoms with Crippen LogP contribution in [0.25, 0.3) is 0 Å². The Morgan fingerprint density at radius 3 is 2.45 bits per heavy atom. The highest BCUT2D eigenvalue weighted by molar-refractivity contribution is 5.46. The lowest BCUT2D eigenvalue weighted by molar-refractivity contribution is 0.106. The maximum Gasteiger partial charge on any atom is 0.162 e. The van der Waals surface area contributed by atoms with E-state index in [2.05, 4.69) is 6.07 Å². The quantitative estimate of drug-likeness (QED) is 0.888. The van der Waals surface area contributed by atoms with Gasteiger partial charge in [-0.3, -0.25) is 0 Å². The summed E-state index contributed by atoms with van der Waals surface area (Å²) in [5.74, 6) is 1.03. The first kappa shape index (κ1) is 15.9. The second-order valence-electron chi connectivity index (χ2n) is 4.94. The largest absolute Gasteiger partial charge is 0.490 e. The molecule has 0 aromatic heterocycles. The third-order valence-electron chi connectivity index (χ3n) is 3.23. The molecule has 0 bridgehead atoms. The fourth-order valence-electron chi connectivity index (χ4n) is 2.02.